The number of benzene rings is 3. The van der Waals surface area contributed by atoms with E-state index in [4.69, 9.17) is 14.2 Å². The molecule has 3 N–H and O–H groups in total. The number of nitrogens with one attached hydrogen (secondary N) is 2. The van der Waals surface area contributed by atoms with Crippen LogP contribution < -0.4 is 24.2 Å². The summed E-state index contributed by atoms with van der Waals surface area (Å²) in [5.41, 5.74) is 0.858. The lowest BCUT2D eigenvalue weighted by atomic mass is 9.99. The van der Waals surface area contributed by atoms with Gasteiger partial charge in [0.1, 0.15) is 11.9 Å². The first-order chi connectivity index (χ1) is 20.6. The lowest BCUT2D eigenvalue weighted by Crippen LogP contribution is -2.50. The van der Waals surface area contributed by atoms with Gasteiger partial charge in [-0.25, -0.2) is 13.2 Å². The summed E-state index contributed by atoms with van der Waals surface area (Å²) in [7, 11) is -2.27. The molecule has 2 heterocycles. The lowest BCUT2D eigenvalue weighted by Gasteiger charge is -2.38. The van der Waals surface area contributed by atoms with E-state index in [0.29, 0.717) is 17.2 Å². The summed E-state index contributed by atoms with van der Waals surface area (Å²) >= 11 is 0. The molecule has 5 rings (SSSR count). The average Bonchev–Trinajstić information content (AvgIpc) is 3.47. The molecule has 3 amide bonds. The van der Waals surface area contributed by atoms with Crippen LogP contribution in [0.1, 0.15) is 24.2 Å². The standard InChI is InChI=1S/C30H34N4O8S/c1-19-15-34(20(2)17-35)29(36)24-13-22(32-43(38,39)23-7-5-4-6-8-23)10-11-25(24)42-28(19)16-33(3)30(37)31-21-9-12-26-27(14-21)41-18-40-26/h4-14,19-20,28,32,35H,15-18H2,1-3H3,(H,31,37)/t19-,20+,28-/m1/s1. The van der Waals surface area contributed by atoms with Gasteiger partial charge in [0.15, 0.2) is 11.5 Å². The van der Waals surface area contributed by atoms with Crippen LogP contribution in [-0.4, -0.2) is 80.9 Å². The summed E-state index contributed by atoms with van der Waals surface area (Å²) in [5.74, 6) is 0.750. The fourth-order valence-electron chi connectivity index (χ4n) is 4.86. The Hall–Kier alpha value is -4.49. The highest BCUT2D eigenvalue weighted by Crippen LogP contribution is 2.35. The number of sulfonamides is 1. The molecule has 13 heteroatoms. The van der Waals surface area contributed by atoms with Gasteiger partial charge in [0, 0.05) is 37.0 Å². The predicted molar refractivity (Wildman–Crippen MR) is 159 cm³/mol. The Bertz CT molecular complexity index is 1600. The van der Waals surface area contributed by atoms with Crippen LogP contribution >= 0.6 is 0 Å². The quantitative estimate of drug-likeness (QED) is 0.351. The molecule has 43 heavy (non-hydrogen) atoms. The van der Waals surface area contributed by atoms with Crippen LogP contribution in [0.25, 0.3) is 0 Å². The third-order valence-corrected chi connectivity index (χ3v) is 8.79. The first kappa shape index (κ1) is 30.0. The van der Waals surface area contributed by atoms with Gasteiger partial charge in [-0.1, -0.05) is 25.1 Å². The molecule has 0 unspecified atom stereocenters. The van der Waals surface area contributed by atoms with Crippen molar-refractivity contribution in [1.29, 1.82) is 0 Å². The Labute approximate surface area is 250 Å². The molecule has 0 bridgehead atoms. The molecule has 0 fully saturated rings. The van der Waals surface area contributed by atoms with Crippen molar-refractivity contribution in [3.63, 3.8) is 0 Å². The Morgan fingerprint density at radius 2 is 1.74 bits per heavy atom. The number of ether oxygens (including phenoxy) is 3. The zero-order valence-corrected chi connectivity index (χ0v) is 24.8. The lowest BCUT2D eigenvalue weighted by molar-refractivity contribution is 0.0371. The minimum atomic E-state index is -3.90. The van der Waals surface area contributed by atoms with Gasteiger partial charge >= 0.3 is 6.03 Å². The maximum atomic E-state index is 13.7. The molecule has 3 aromatic rings. The van der Waals surface area contributed by atoms with Gasteiger partial charge in [-0.3, -0.25) is 9.52 Å². The topological polar surface area (TPSA) is 147 Å². The Morgan fingerprint density at radius 3 is 2.49 bits per heavy atom. The second kappa shape index (κ2) is 12.4. The summed E-state index contributed by atoms with van der Waals surface area (Å²) in [4.78, 5) is 29.9. The van der Waals surface area contributed by atoms with Crippen molar-refractivity contribution in [3.05, 3.63) is 72.3 Å². The maximum absolute atomic E-state index is 13.7. The fraction of sp³-hybridized carbons (Fsp3) is 0.333. The maximum Gasteiger partial charge on any atom is 0.321 e. The summed E-state index contributed by atoms with van der Waals surface area (Å²) < 4.78 is 45.4. The van der Waals surface area contributed by atoms with Crippen LogP contribution in [0.5, 0.6) is 17.2 Å². The van der Waals surface area contributed by atoms with E-state index in [9.17, 15) is 23.1 Å². The Balaban J connectivity index is 1.38. The molecule has 0 spiro atoms. The van der Waals surface area contributed by atoms with Gasteiger partial charge < -0.3 is 34.4 Å². The molecule has 0 saturated carbocycles. The van der Waals surface area contributed by atoms with Crippen LogP contribution in [0.15, 0.2) is 71.6 Å². The number of urea groups is 1. The van der Waals surface area contributed by atoms with E-state index >= 15 is 0 Å². The van der Waals surface area contributed by atoms with E-state index in [1.54, 1.807) is 55.3 Å². The van der Waals surface area contributed by atoms with Crippen molar-refractivity contribution in [2.45, 2.75) is 30.9 Å². The second-order valence-corrected chi connectivity index (χ2v) is 12.3. The van der Waals surface area contributed by atoms with E-state index in [0.717, 1.165) is 0 Å². The Kier molecular flexibility index (Phi) is 8.64. The van der Waals surface area contributed by atoms with Crippen LogP contribution in [0.2, 0.25) is 0 Å². The van der Waals surface area contributed by atoms with E-state index in [-0.39, 0.29) is 60.3 Å². The summed E-state index contributed by atoms with van der Waals surface area (Å²) in [5, 5.41) is 12.8. The van der Waals surface area contributed by atoms with Gasteiger partial charge in [-0.15, -0.1) is 0 Å². The number of hydrogen-bond donors (Lipinski definition) is 3. The average molecular weight is 611 g/mol. The molecular formula is C30H34N4O8S. The summed E-state index contributed by atoms with van der Waals surface area (Å²) in [6, 6.07) is 16.6. The van der Waals surface area contributed by atoms with Crippen molar-refractivity contribution in [2.24, 2.45) is 5.92 Å². The van der Waals surface area contributed by atoms with Crippen LogP contribution in [0.4, 0.5) is 16.2 Å². The third-order valence-electron chi connectivity index (χ3n) is 7.39. The number of carbonyl (C=O) groups is 2. The Morgan fingerprint density at radius 1 is 1.05 bits per heavy atom. The number of aliphatic hydroxyl groups is 1. The van der Waals surface area contributed by atoms with Gasteiger partial charge in [0.25, 0.3) is 15.9 Å². The minimum Gasteiger partial charge on any atom is -0.487 e. The molecule has 12 nitrogen and oxygen atoms in total. The number of likely N-dealkylation sites (N-methyl/N-ethyl adjacent to an activating group) is 1. The molecule has 3 aromatic carbocycles. The highest BCUT2D eigenvalue weighted by molar-refractivity contribution is 7.92. The van der Waals surface area contributed by atoms with Crippen LogP contribution in [-0.2, 0) is 10.0 Å². The normalized spacial score (nSPS) is 18.5. The number of carbonyl (C=O) groups excluding carboxylic acids is 2. The number of fused-ring (bicyclic) bond motifs is 2. The number of nitrogens with zero attached hydrogens (tertiary/aromatic N) is 2. The van der Waals surface area contributed by atoms with E-state index < -0.39 is 28.1 Å². The number of aliphatic hydroxyl groups excluding tert-OH is 1. The van der Waals surface area contributed by atoms with E-state index in [2.05, 4.69) is 10.0 Å². The molecule has 0 aliphatic carbocycles. The van der Waals surface area contributed by atoms with Gasteiger partial charge in [-0.05, 0) is 49.4 Å². The predicted octanol–water partition coefficient (Wildman–Crippen LogP) is 3.60. The fourth-order valence-corrected chi connectivity index (χ4v) is 5.93. The minimum absolute atomic E-state index is 0.0794. The molecule has 0 saturated heterocycles. The largest absolute Gasteiger partial charge is 0.487 e. The van der Waals surface area contributed by atoms with E-state index in [1.807, 2.05) is 6.92 Å². The van der Waals surface area contributed by atoms with Gasteiger partial charge in [-0.2, -0.15) is 0 Å². The SMILES string of the molecule is C[C@@H]1CN([C@@H](C)CO)C(=O)c2cc(NS(=O)(=O)c3ccccc3)ccc2O[C@@H]1CN(C)C(=O)Nc1ccc2c(c1)OCO2. The van der Waals surface area contributed by atoms with Gasteiger partial charge in [0.05, 0.1) is 29.7 Å². The molecule has 2 aliphatic rings. The van der Waals surface area contributed by atoms with E-state index in [1.165, 1.54) is 35.2 Å². The van der Waals surface area contributed by atoms with Crippen molar-refractivity contribution < 1.29 is 37.3 Å². The zero-order valence-electron chi connectivity index (χ0n) is 24.0. The van der Waals surface area contributed by atoms with Crippen molar-refractivity contribution in [2.75, 3.05) is 43.6 Å². The molecular weight excluding hydrogens is 576 g/mol. The molecule has 0 radical (unpaired) electrons. The summed E-state index contributed by atoms with van der Waals surface area (Å²) in [6.07, 6.45) is -0.542. The third kappa shape index (κ3) is 6.62. The van der Waals surface area contributed by atoms with Crippen molar-refractivity contribution in [3.8, 4) is 17.2 Å². The number of hydrogen-bond acceptors (Lipinski definition) is 8. The first-order valence-electron chi connectivity index (χ1n) is 13.8. The van der Waals surface area contributed by atoms with Crippen molar-refractivity contribution in [1.82, 2.24) is 9.80 Å². The molecule has 2 aliphatic heterocycles. The number of amides is 3. The molecule has 0 aromatic heterocycles. The monoisotopic (exact) mass is 610 g/mol. The number of anilines is 2. The second-order valence-electron chi connectivity index (χ2n) is 10.6. The highest BCUT2D eigenvalue weighted by atomic mass is 32.2. The molecule has 228 valence electrons. The first-order valence-corrected chi connectivity index (χ1v) is 15.3. The summed E-state index contributed by atoms with van der Waals surface area (Å²) in [6.45, 7) is 3.91. The van der Waals surface area contributed by atoms with Crippen LogP contribution in [0, 0.1) is 5.92 Å². The van der Waals surface area contributed by atoms with Crippen molar-refractivity contribution >= 4 is 33.3 Å². The highest BCUT2D eigenvalue weighted by Gasteiger charge is 2.34. The zero-order chi connectivity index (χ0) is 30.7. The van der Waals surface area contributed by atoms with Crippen LogP contribution in [0.3, 0.4) is 0 Å². The molecule has 3 atom stereocenters. The number of rotatable bonds is 8. The smallest absolute Gasteiger partial charge is 0.321 e. The van der Waals surface area contributed by atoms with Gasteiger partial charge in [0.2, 0.25) is 6.79 Å².